The number of fused-ring (bicyclic) bond motifs is 1. The second kappa shape index (κ2) is 6.14. The summed E-state index contributed by atoms with van der Waals surface area (Å²) >= 11 is 0. The first-order valence-electron chi connectivity index (χ1n) is 6.16. The first kappa shape index (κ1) is 18.3. The zero-order chi connectivity index (χ0) is 15.1. The summed E-state index contributed by atoms with van der Waals surface area (Å²) in [6.45, 7) is 5.21. The van der Waals surface area contributed by atoms with Gasteiger partial charge in [0, 0.05) is 22.0 Å². The van der Waals surface area contributed by atoms with Gasteiger partial charge in [0.1, 0.15) is 10.6 Å². The molecule has 4 N–H and O–H groups in total. The van der Waals surface area contributed by atoms with Crippen LogP contribution in [0.25, 0.3) is 10.8 Å². The standard InChI is InChI=1S/C14H18N2O3S.Na.H/c1-14(2,3)16-20(18,19)12-8-7-9-10(13(12)17)5-4-6-11(9)15;;/h4-8,16-17H,15H2,1-3H3;;/q;+1;-1. The largest absolute Gasteiger partial charge is 1.00 e. The first-order chi connectivity index (χ1) is 9.12. The number of nitrogens with two attached hydrogens (primary N) is 1. The summed E-state index contributed by atoms with van der Waals surface area (Å²) in [7, 11) is -3.79. The average Bonchev–Trinajstić information content (AvgIpc) is 2.27. The third kappa shape index (κ3) is 3.90. The van der Waals surface area contributed by atoms with E-state index >= 15 is 0 Å². The molecule has 0 radical (unpaired) electrons. The number of nitrogens with one attached hydrogen (secondary N) is 1. The van der Waals surface area contributed by atoms with Crippen LogP contribution < -0.4 is 40.0 Å². The number of aromatic hydroxyl groups is 1. The molecule has 0 fully saturated rings. The molecule has 2 aromatic carbocycles. The number of phenols is 1. The van der Waals surface area contributed by atoms with Crippen LogP contribution in [0.4, 0.5) is 5.69 Å². The molecular weight excluding hydrogens is 299 g/mol. The number of benzene rings is 2. The van der Waals surface area contributed by atoms with E-state index in [0.717, 1.165) is 0 Å². The van der Waals surface area contributed by atoms with E-state index in [2.05, 4.69) is 4.72 Å². The Bertz CT molecular complexity index is 773. The minimum absolute atomic E-state index is 0. The molecule has 110 valence electrons. The predicted octanol–water partition coefficient (Wildman–Crippen LogP) is -0.679. The van der Waals surface area contributed by atoms with E-state index in [4.69, 9.17) is 5.73 Å². The molecule has 0 aliphatic carbocycles. The van der Waals surface area contributed by atoms with E-state index in [0.29, 0.717) is 16.5 Å². The number of hydrogen-bond acceptors (Lipinski definition) is 4. The van der Waals surface area contributed by atoms with Crippen molar-refractivity contribution in [1.82, 2.24) is 4.72 Å². The number of anilines is 1. The third-order valence-electron chi connectivity index (χ3n) is 2.76. The Hall–Kier alpha value is -0.790. The van der Waals surface area contributed by atoms with Crippen LogP contribution in [0.15, 0.2) is 35.2 Å². The molecule has 0 aromatic heterocycles. The topological polar surface area (TPSA) is 92.4 Å². The predicted molar refractivity (Wildman–Crippen MR) is 81.2 cm³/mol. The monoisotopic (exact) mass is 318 g/mol. The van der Waals surface area contributed by atoms with Crippen LogP contribution in [0.3, 0.4) is 0 Å². The fourth-order valence-corrected chi connectivity index (χ4v) is 3.55. The minimum atomic E-state index is -3.79. The summed E-state index contributed by atoms with van der Waals surface area (Å²) in [6, 6.07) is 7.97. The van der Waals surface area contributed by atoms with Gasteiger partial charge < -0.3 is 12.3 Å². The number of sulfonamides is 1. The second-order valence-electron chi connectivity index (χ2n) is 5.71. The van der Waals surface area contributed by atoms with Gasteiger partial charge in [0.25, 0.3) is 0 Å². The van der Waals surface area contributed by atoms with Crippen molar-refractivity contribution < 1.29 is 44.5 Å². The van der Waals surface area contributed by atoms with E-state index < -0.39 is 15.6 Å². The molecule has 0 amide bonds. The molecule has 0 saturated heterocycles. The molecule has 0 unspecified atom stereocenters. The molecular formula is C14H19N2NaO3S. The summed E-state index contributed by atoms with van der Waals surface area (Å²) in [5.74, 6) is -0.286. The van der Waals surface area contributed by atoms with Crippen LogP contribution in [0.5, 0.6) is 5.75 Å². The van der Waals surface area contributed by atoms with E-state index in [1.807, 2.05) is 0 Å². The maximum atomic E-state index is 12.3. The molecule has 5 nitrogen and oxygen atoms in total. The van der Waals surface area contributed by atoms with Crippen molar-refractivity contribution in [2.45, 2.75) is 31.2 Å². The number of rotatable bonds is 2. The van der Waals surface area contributed by atoms with Gasteiger partial charge in [-0.15, -0.1) is 0 Å². The molecule has 0 aliphatic heterocycles. The van der Waals surface area contributed by atoms with Crippen LogP contribution in [0.2, 0.25) is 0 Å². The molecule has 0 spiro atoms. The van der Waals surface area contributed by atoms with Crippen molar-refractivity contribution in [2.24, 2.45) is 0 Å². The quantitative estimate of drug-likeness (QED) is 0.505. The van der Waals surface area contributed by atoms with Crippen LogP contribution in [-0.4, -0.2) is 19.1 Å². The zero-order valence-electron chi connectivity index (χ0n) is 13.6. The van der Waals surface area contributed by atoms with Gasteiger partial charge in [0.2, 0.25) is 10.0 Å². The zero-order valence-corrected chi connectivity index (χ0v) is 15.5. The Balaban J connectivity index is 0.00000220. The van der Waals surface area contributed by atoms with E-state index in [1.165, 1.54) is 6.07 Å². The van der Waals surface area contributed by atoms with Gasteiger partial charge in [0.15, 0.2) is 0 Å². The fraction of sp³-hybridized carbons (Fsp3) is 0.286. The first-order valence-corrected chi connectivity index (χ1v) is 7.64. The van der Waals surface area contributed by atoms with Gasteiger partial charge in [-0.3, -0.25) is 0 Å². The van der Waals surface area contributed by atoms with Gasteiger partial charge in [0.05, 0.1) is 0 Å². The van der Waals surface area contributed by atoms with Crippen molar-refractivity contribution in [2.75, 3.05) is 5.73 Å². The molecule has 0 saturated carbocycles. The Labute approximate surface area is 148 Å². The van der Waals surface area contributed by atoms with Crippen molar-refractivity contribution >= 4 is 26.5 Å². The smallest absolute Gasteiger partial charge is 1.00 e. The summed E-state index contributed by atoms with van der Waals surface area (Å²) in [6.07, 6.45) is 0. The van der Waals surface area contributed by atoms with Gasteiger partial charge in [-0.2, -0.15) is 0 Å². The molecule has 7 heteroatoms. The number of phenolic OH excluding ortho intramolecular Hbond substituents is 1. The van der Waals surface area contributed by atoms with Gasteiger partial charge in [-0.25, -0.2) is 13.1 Å². The third-order valence-corrected chi connectivity index (χ3v) is 4.55. The van der Waals surface area contributed by atoms with Crippen molar-refractivity contribution in [1.29, 1.82) is 0 Å². The van der Waals surface area contributed by atoms with Gasteiger partial charge >= 0.3 is 29.6 Å². The average molecular weight is 318 g/mol. The van der Waals surface area contributed by atoms with Crippen LogP contribution in [0.1, 0.15) is 22.2 Å². The molecule has 0 heterocycles. The normalized spacial score (nSPS) is 12.1. The van der Waals surface area contributed by atoms with Gasteiger partial charge in [-0.1, -0.05) is 18.2 Å². The minimum Gasteiger partial charge on any atom is -1.00 e. The Morgan fingerprint density at radius 1 is 1.14 bits per heavy atom. The van der Waals surface area contributed by atoms with E-state index in [1.54, 1.807) is 45.0 Å². The summed E-state index contributed by atoms with van der Waals surface area (Å²) < 4.78 is 27.1. The maximum Gasteiger partial charge on any atom is 1.00 e. The molecule has 21 heavy (non-hydrogen) atoms. The summed E-state index contributed by atoms with van der Waals surface area (Å²) in [5.41, 5.74) is 5.67. The molecule has 0 atom stereocenters. The van der Waals surface area contributed by atoms with Crippen molar-refractivity contribution in [3.05, 3.63) is 30.3 Å². The summed E-state index contributed by atoms with van der Waals surface area (Å²) in [5, 5.41) is 11.3. The molecule has 0 bridgehead atoms. The summed E-state index contributed by atoms with van der Waals surface area (Å²) in [4.78, 5) is -0.148. The Kier molecular flexibility index (Phi) is 5.34. The molecule has 2 aromatic rings. The fourth-order valence-electron chi connectivity index (χ4n) is 2.02. The number of hydrogen-bond donors (Lipinski definition) is 3. The second-order valence-corrected chi connectivity index (χ2v) is 7.36. The van der Waals surface area contributed by atoms with Crippen LogP contribution >= 0.6 is 0 Å². The number of nitrogen functional groups attached to an aromatic ring is 1. The Morgan fingerprint density at radius 3 is 2.33 bits per heavy atom. The van der Waals surface area contributed by atoms with Crippen molar-refractivity contribution in [3.8, 4) is 5.75 Å². The van der Waals surface area contributed by atoms with Gasteiger partial charge in [-0.05, 0) is 32.9 Å². The SMILES string of the molecule is CC(C)(C)NS(=O)(=O)c1ccc2c(N)cccc2c1O.[H-].[Na+]. The Morgan fingerprint density at radius 2 is 1.76 bits per heavy atom. The molecule has 0 aliphatic rings. The van der Waals surface area contributed by atoms with E-state index in [9.17, 15) is 13.5 Å². The molecule has 2 rings (SSSR count). The van der Waals surface area contributed by atoms with Crippen LogP contribution in [-0.2, 0) is 10.0 Å². The van der Waals surface area contributed by atoms with E-state index in [-0.39, 0.29) is 41.6 Å². The van der Waals surface area contributed by atoms with Crippen LogP contribution in [0, 0.1) is 0 Å². The van der Waals surface area contributed by atoms with Crippen molar-refractivity contribution in [3.63, 3.8) is 0 Å². The maximum absolute atomic E-state index is 12.3.